The first kappa shape index (κ1) is 12.4. The van der Waals surface area contributed by atoms with Crippen LogP contribution in [0.15, 0.2) is 18.2 Å². The first-order chi connectivity index (χ1) is 8.50. The number of nitrogens with one attached hydrogen (secondary N) is 2. The Morgan fingerprint density at radius 3 is 2.83 bits per heavy atom. The Balaban J connectivity index is 2.41. The van der Waals surface area contributed by atoms with Crippen LogP contribution in [0.2, 0.25) is 5.02 Å². The van der Waals surface area contributed by atoms with E-state index in [9.17, 15) is 10.1 Å². The van der Waals surface area contributed by atoms with E-state index >= 15 is 0 Å². The van der Waals surface area contributed by atoms with E-state index in [1.807, 2.05) is 6.92 Å². The van der Waals surface area contributed by atoms with Gasteiger partial charge in [0.1, 0.15) is 5.69 Å². The maximum Gasteiger partial charge on any atom is 0.333 e. The number of hydrogen-bond acceptors (Lipinski definition) is 4. The second kappa shape index (κ2) is 4.66. The average Bonchev–Trinajstić information content (AvgIpc) is 2.66. The molecule has 2 rings (SSSR count). The summed E-state index contributed by atoms with van der Waals surface area (Å²) in [5.41, 5.74) is 1.85. The van der Waals surface area contributed by atoms with Crippen LogP contribution >= 0.6 is 11.6 Å². The van der Waals surface area contributed by atoms with Crippen LogP contribution in [0.4, 0.5) is 17.2 Å². The van der Waals surface area contributed by atoms with Crippen molar-refractivity contribution in [3.8, 4) is 0 Å². The zero-order chi connectivity index (χ0) is 13.3. The molecule has 0 atom stereocenters. The lowest BCUT2D eigenvalue weighted by atomic mass is 10.2. The molecule has 2 aromatic rings. The summed E-state index contributed by atoms with van der Waals surface area (Å²) in [4.78, 5) is 10.5. The monoisotopic (exact) mass is 266 g/mol. The number of anilines is 2. The van der Waals surface area contributed by atoms with Crippen LogP contribution in [0.3, 0.4) is 0 Å². The van der Waals surface area contributed by atoms with Gasteiger partial charge in [-0.15, -0.1) is 5.10 Å². The summed E-state index contributed by atoms with van der Waals surface area (Å²) >= 11 is 5.99. The number of H-pyrrole nitrogens is 1. The molecule has 7 heteroatoms. The molecular formula is C11H11ClN4O2. The molecule has 0 aliphatic heterocycles. The zero-order valence-electron chi connectivity index (χ0n) is 9.82. The number of benzene rings is 1. The lowest BCUT2D eigenvalue weighted by Crippen LogP contribution is -1.98. The SMILES string of the molecule is Cc1[nH]nc(Nc2cccc(Cl)c2C)c1[N+](=O)[O-]. The molecule has 0 saturated heterocycles. The molecule has 0 bridgehead atoms. The number of nitrogens with zero attached hydrogens (tertiary/aromatic N) is 2. The van der Waals surface area contributed by atoms with Crippen molar-refractivity contribution in [2.24, 2.45) is 0 Å². The molecule has 1 heterocycles. The van der Waals surface area contributed by atoms with E-state index < -0.39 is 4.92 Å². The largest absolute Gasteiger partial charge is 0.333 e. The molecule has 0 fully saturated rings. The Bertz CT molecular complexity index is 609. The Hall–Kier alpha value is -2.08. The van der Waals surface area contributed by atoms with E-state index in [-0.39, 0.29) is 11.5 Å². The minimum atomic E-state index is -0.471. The highest BCUT2D eigenvalue weighted by molar-refractivity contribution is 6.31. The second-order valence-electron chi connectivity index (χ2n) is 3.84. The number of aryl methyl sites for hydroxylation is 1. The second-order valence-corrected chi connectivity index (χ2v) is 4.25. The van der Waals surface area contributed by atoms with Crippen LogP contribution < -0.4 is 5.32 Å². The predicted molar refractivity (Wildman–Crippen MR) is 69.5 cm³/mol. The van der Waals surface area contributed by atoms with Gasteiger partial charge >= 0.3 is 5.69 Å². The highest BCUT2D eigenvalue weighted by atomic mass is 35.5. The molecule has 0 unspecified atom stereocenters. The van der Waals surface area contributed by atoms with E-state index in [1.165, 1.54) is 0 Å². The molecule has 18 heavy (non-hydrogen) atoms. The van der Waals surface area contributed by atoms with Gasteiger partial charge in [0.05, 0.1) is 4.92 Å². The van der Waals surface area contributed by atoms with Crippen molar-refractivity contribution in [1.29, 1.82) is 0 Å². The number of rotatable bonds is 3. The van der Waals surface area contributed by atoms with Crippen molar-refractivity contribution in [2.75, 3.05) is 5.32 Å². The molecule has 1 aromatic carbocycles. The molecule has 0 aliphatic carbocycles. The molecule has 0 amide bonds. The maximum absolute atomic E-state index is 10.9. The predicted octanol–water partition coefficient (Wildman–Crippen LogP) is 3.33. The summed E-state index contributed by atoms with van der Waals surface area (Å²) < 4.78 is 0. The first-order valence-electron chi connectivity index (χ1n) is 5.22. The molecule has 2 N–H and O–H groups in total. The Labute approximate surface area is 108 Å². The highest BCUT2D eigenvalue weighted by Crippen LogP contribution is 2.31. The molecule has 0 saturated carbocycles. The van der Waals surface area contributed by atoms with E-state index in [0.717, 1.165) is 5.56 Å². The van der Waals surface area contributed by atoms with Crippen LogP contribution in [0, 0.1) is 24.0 Å². The number of hydrogen-bond donors (Lipinski definition) is 2. The third-order valence-corrected chi connectivity index (χ3v) is 3.03. The zero-order valence-corrected chi connectivity index (χ0v) is 10.6. The molecular weight excluding hydrogens is 256 g/mol. The van der Waals surface area contributed by atoms with Crippen molar-refractivity contribution in [1.82, 2.24) is 10.2 Å². The van der Waals surface area contributed by atoms with Crippen LogP contribution in [0.25, 0.3) is 0 Å². The van der Waals surface area contributed by atoms with Gasteiger partial charge in [0, 0.05) is 10.7 Å². The van der Waals surface area contributed by atoms with Crippen molar-refractivity contribution in [3.63, 3.8) is 0 Å². The molecule has 94 valence electrons. The van der Waals surface area contributed by atoms with Gasteiger partial charge in [-0.05, 0) is 31.5 Å². The summed E-state index contributed by atoms with van der Waals surface area (Å²) in [5, 5.41) is 20.9. The highest BCUT2D eigenvalue weighted by Gasteiger charge is 2.22. The molecule has 0 radical (unpaired) electrons. The van der Waals surface area contributed by atoms with Crippen LogP contribution in [0.1, 0.15) is 11.3 Å². The van der Waals surface area contributed by atoms with Crippen molar-refractivity contribution in [2.45, 2.75) is 13.8 Å². The minimum absolute atomic E-state index is 0.0608. The lowest BCUT2D eigenvalue weighted by Gasteiger charge is -2.07. The number of aromatic amines is 1. The fourth-order valence-electron chi connectivity index (χ4n) is 1.60. The maximum atomic E-state index is 10.9. The average molecular weight is 267 g/mol. The van der Waals surface area contributed by atoms with E-state index in [2.05, 4.69) is 15.5 Å². The number of halogens is 1. The van der Waals surface area contributed by atoms with E-state index in [0.29, 0.717) is 16.4 Å². The van der Waals surface area contributed by atoms with Gasteiger partial charge in [0.15, 0.2) is 0 Å². The summed E-state index contributed by atoms with van der Waals surface area (Å²) in [6.07, 6.45) is 0. The van der Waals surface area contributed by atoms with Crippen LogP contribution in [-0.2, 0) is 0 Å². The fourth-order valence-corrected chi connectivity index (χ4v) is 1.78. The van der Waals surface area contributed by atoms with Crippen LogP contribution in [0.5, 0.6) is 0 Å². The minimum Gasteiger partial charge on any atom is -0.333 e. The van der Waals surface area contributed by atoms with Crippen molar-refractivity contribution < 1.29 is 4.92 Å². The van der Waals surface area contributed by atoms with Crippen molar-refractivity contribution in [3.05, 3.63) is 44.6 Å². The standard InChI is InChI=1S/C11H11ClN4O2/c1-6-8(12)4-3-5-9(6)13-11-10(16(17)18)7(2)14-15-11/h3-5H,1-2H3,(H2,13,14,15). The van der Waals surface area contributed by atoms with Gasteiger partial charge in [-0.2, -0.15) is 0 Å². The summed E-state index contributed by atoms with van der Waals surface area (Å²) in [5.74, 6) is 0.183. The smallest absolute Gasteiger partial charge is 0.333 e. The summed E-state index contributed by atoms with van der Waals surface area (Å²) in [6.45, 7) is 3.43. The summed E-state index contributed by atoms with van der Waals surface area (Å²) in [7, 11) is 0. The van der Waals surface area contributed by atoms with Crippen molar-refractivity contribution >= 4 is 28.8 Å². The fraction of sp³-hybridized carbons (Fsp3) is 0.182. The van der Waals surface area contributed by atoms with Crippen LogP contribution in [-0.4, -0.2) is 15.1 Å². The van der Waals surface area contributed by atoms with Gasteiger partial charge < -0.3 is 5.32 Å². The van der Waals surface area contributed by atoms with Gasteiger partial charge in [0.2, 0.25) is 5.82 Å². The van der Waals surface area contributed by atoms with E-state index in [1.54, 1.807) is 25.1 Å². The molecule has 0 aliphatic rings. The first-order valence-corrected chi connectivity index (χ1v) is 5.60. The quantitative estimate of drug-likeness (QED) is 0.659. The Morgan fingerprint density at radius 2 is 2.17 bits per heavy atom. The Morgan fingerprint density at radius 1 is 1.44 bits per heavy atom. The third-order valence-electron chi connectivity index (χ3n) is 2.62. The van der Waals surface area contributed by atoms with Gasteiger partial charge in [0.25, 0.3) is 0 Å². The van der Waals surface area contributed by atoms with Gasteiger partial charge in [-0.3, -0.25) is 15.2 Å². The lowest BCUT2D eigenvalue weighted by molar-refractivity contribution is -0.384. The number of aromatic nitrogens is 2. The van der Waals surface area contributed by atoms with E-state index in [4.69, 9.17) is 11.6 Å². The van der Waals surface area contributed by atoms with Gasteiger partial charge in [-0.25, -0.2) is 0 Å². The third kappa shape index (κ3) is 2.14. The van der Waals surface area contributed by atoms with Gasteiger partial charge in [-0.1, -0.05) is 17.7 Å². The summed E-state index contributed by atoms with van der Waals surface area (Å²) in [6, 6.07) is 5.31. The Kier molecular flexibility index (Phi) is 3.20. The molecule has 0 spiro atoms. The molecule has 1 aromatic heterocycles. The molecule has 6 nitrogen and oxygen atoms in total. The topological polar surface area (TPSA) is 83.8 Å². The normalized spacial score (nSPS) is 10.4. The number of nitro groups is 1.